The van der Waals surface area contributed by atoms with Crippen LogP contribution in [0.3, 0.4) is 0 Å². The van der Waals surface area contributed by atoms with Gasteiger partial charge in [-0.2, -0.15) is 0 Å². The molecule has 2 aromatic carbocycles. The summed E-state index contributed by atoms with van der Waals surface area (Å²) >= 11 is 0. The molecule has 0 saturated carbocycles. The smallest absolute Gasteiger partial charge is 0.0519 e. The standard InChI is InChI=1S/C20H24N2/c1-15-3-7-17(8-4-15)19-11-12-21-13-20(22(19)14-21)18-9-5-16(2)6-10-18/h3-10,19-20H,11-14H2,1-2H3. The van der Waals surface area contributed by atoms with Gasteiger partial charge in [-0.1, -0.05) is 59.7 Å². The van der Waals surface area contributed by atoms with E-state index in [9.17, 15) is 0 Å². The van der Waals surface area contributed by atoms with Gasteiger partial charge in [0.2, 0.25) is 0 Å². The second-order valence-electron chi connectivity index (χ2n) is 6.87. The van der Waals surface area contributed by atoms with Crippen LogP contribution < -0.4 is 0 Å². The van der Waals surface area contributed by atoms with Crippen LogP contribution in [0.2, 0.25) is 0 Å². The van der Waals surface area contributed by atoms with Crippen LogP contribution in [0.25, 0.3) is 0 Å². The van der Waals surface area contributed by atoms with Crippen LogP contribution >= 0.6 is 0 Å². The van der Waals surface area contributed by atoms with E-state index < -0.39 is 0 Å². The highest BCUT2D eigenvalue weighted by molar-refractivity contribution is 5.29. The fraction of sp³-hybridized carbons (Fsp3) is 0.400. The summed E-state index contributed by atoms with van der Waals surface area (Å²) in [5.74, 6) is 0. The van der Waals surface area contributed by atoms with Crippen molar-refractivity contribution < 1.29 is 0 Å². The maximum atomic E-state index is 2.69. The molecule has 2 heterocycles. The van der Waals surface area contributed by atoms with Gasteiger partial charge >= 0.3 is 0 Å². The molecule has 2 fully saturated rings. The highest BCUT2D eigenvalue weighted by Gasteiger charge is 2.40. The Labute approximate surface area is 133 Å². The van der Waals surface area contributed by atoms with Crippen molar-refractivity contribution in [2.45, 2.75) is 32.4 Å². The highest BCUT2D eigenvalue weighted by Crippen LogP contribution is 2.41. The minimum Gasteiger partial charge on any atom is -0.288 e. The highest BCUT2D eigenvalue weighted by atomic mass is 15.4. The molecular formula is C20H24N2. The fourth-order valence-electron chi connectivity index (χ4n) is 3.92. The monoisotopic (exact) mass is 292 g/mol. The molecule has 0 radical (unpaired) electrons. The van der Waals surface area contributed by atoms with Gasteiger partial charge in [-0.15, -0.1) is 0 Å². The van der Waals surface area contributed by atoms with Crippen molar-refractivity contribution >= 4 is 0 Å². The third-order valence-electron chi connectivity index (χ3n) is 5.24. The molecule has 2 heteroatoms. The summed E-state index contributed by atoms with van der Waals surface area (Å²) in [5, 5.41) is 0. The second-order valence-corrected chi connectivity index (χ2v) is 6.87. The lowest BCUT2D eigenvalue weighted by Gasteiger charge is -2.36. The van der Waals surface area contributed by atoms with Gasteiger partial charge in [-0.05, 0) is 31.4 Å². The van der Waals surface area contributed by atoms with Crippen LogP contribution in [-0.2, 0) is 0 Å². The Morgan fingerprint density at radius 2 is 1.32 bits per heavy atom. The Hall–Kier alpha value is -1.64. The first-order valence-corrected chi connectivity index (χ1v) is 8.32. The molecule has 2 aromatic rings. The Morgan fingerprint density at radius 3 is 1.91 bits per heavy atom. The van der Waals surface area contributed by atoms with E-state index in [0.717, 1.165) is 6.67 Å². The zero-order chi connectivity index (χ0) is 15.1. The predicted octanol–water partition coefficient (Wildman–Crippen LogP) is 4.06. The first kappa shape index (κ1) is 14.0. The summed E-state index contributed by atoms with van der Waals surface area (Å²) in [6, 6.07) is 19.4. The van der Waals surface area contributed by atoms with E-state index in [2.05, 4.69) is 72.2 Å². The van der Waals surface area contributed by atoms with Crippen molar-refractivity contribution in [3.8, 4) is 0 Å². The van der Waals surface area contributed by atoms with Gasteiger partial charge in [-0.25, -0.2) is 0 Å². The number of hydrogen-bond acceptors (Lipinski definition) is 2. The lowest BCUT2D eigenvalue weighted by molar-refractivity contribution is 0.107. The van der Waals surface area contributed by atoms with Gasteiger partial charge in [-0.3, -0.25) is 9.80 Å². The SMILES string of the molecule is Cc1ccc(C2CCN3CC(c4ccc(C)cc4)N2C3)cc1. The number of fused-ring (bicyclic) bond motifs is 2. The molecule has 2 aliphatic rings. The zero-order valence-corrected chi connectivity index (χ0v) is 13.5. The first-order valence-electron chi connectivity index (χ1n) is 8.32. The van der Waals surface area contributed by atoms with E-state index in [0.29, 0.717) is 12.1 Å². The van der Waals surface area contributed by atoms with Crippen molar-refractivity contribution in [2.75, 3.05) is 19.8 Å². The van der Waals surface area contributed by atoms with Gasteiger partial charge in [0.05, 0.1) is 6.67 Å². The lowest BCUT2D eigenvalue weighted by Crippen LogP contribution is -2.37. The molecule has 114 valence electrons. The molecule has 4 atom stereocenters. The van der Waals surface area contributed by atoms with E-state index in [-0.39, 0.29) is 0 Å². The van der Waals surface area contributed by atoms with Crippen molar-refractivity contribution in [1.82, 2.24) is 9.80 Å². The number of hydrogen-bond donors (Lipinski definition) is 0. The summed E-state index contributed by atoms with van der Waals surface area (Å²) in [6.07, 6.45) is 1.24. The topological polar surface area (TPSA) is 6.48 Å². The molecule has 2 bridgehead atoms. The molecular weight excluding hydrogens is 268 g/mol. The largest absolute Gasteiger partial charge is 0.288 e. The average Bonchev–Trinajstić information content (AvgIpc) is 2.87. The number of nitrogens with zero attached hydrogens (tertiary/aromatic N) is 2. The third-order valence-corrected chi connectivity index (χ3v) is 5.24. The van der Waals surface area contributed by atoms with E-state index in [1.165, 1.54) is 41.8 Å². The number of benzene rings is 2. The van der Waals surface area contributed by atoms with Crippen LogP contribution in [0.15, 0.2) is 48.5 Å². The average molecular weight is 292 g/mol. The molecule has 4 rings (SSSR count). The summed E-state index contributed by atoms with van der Waals surface area (Å²) in [6.45, 7) is 7.83. The van der Waals surface area contributed by atoms with Gasteiger partial charge in [0, 0.05) is 25.2 Å². The maximum Gasteiger partial charge on any atom is 0.0519 e. The second kappa shape index (κ2) is 5.53. The Balaban J connectivity index is 1.64. The summed E-state index contributed by atoms with van der Waals surface area (Å²) in [5.41, 5.74) is 5.63. The van der Waals surface area contributed by atoms with Crippen molar-refractivity contribution in [3.63, 3.8) is 0 Å². The summed E-state index contributed by atoms with van der Waals surface area (Å²) in [7, 11) is 0. The van der Waals surface area contributed by atoms with Crippen LogP contribution in [0, 0.1) is 13.8 Å². The van der Waals surface area contributed by atoms with Gasteiger partial charge in [0.25, 0.3) is 0 Å². The van der Waals surface area contributed by atoms with Gasteiger partial charge in [0.15, 0.2) is 0 Å². The first-order chi connectivity index (χ1) is 10.7. The number of aryl methyl sites for hydroxylation is 2. The molecule has 0 aromatic heterocycles. The minimum atomic E-state index is 0.536. The number of rotatable bonds is 2. The molecule has 0 aliphatic carbocycles. The van der Waals surface area contributed by atoms with Crippen LogP contribution in [0.5, 0.6) is 0 Å². The van der Waals surface area contributed by atoms with E-state index >= 15 is 0 Å². The molecule has 2 nitrogen and oxygen atoms in total. The molecule has 0 spiro atoms. The van der Waals surface area contributed by atoms with Crippen LogP contribution in [0.1, 0.15) is 40.8 Å². The van der Waals surface area contributed by atoms with Crippen molar-refractivity contribution in [1.29, 1.82) is 0 Å². The lowest BCUT2D eigenvalue weighted by atomic mass is 9.97. The molecule has 4 unspecified atom stereocenters. The van der Waals surface area contributed by atoms with E-state index in [4.69, 9.17) is 0 Å². The van der Waals surface area contributed by atoms with Crippen molar-refractivity contribution in [3.05, 3.63) is 70.8 Å². The maximum absolute atomic E-state index is 2.69. The Bertz CT molecular complexity index is 597. The molecule has 0 N–H and O–H groups in total. The molecule has 2 aliphatic heterocycles. The normalized spacial score (nSPS) is 30.5. The summed E-state index contributed by atoms with van der Waals surface area (Å²) < 4.78 is 0. The third kappa shape index (κ3) is 2.47. The molecule has 0 amide bonds. The minimum absolute atomic E-state index is 0.536. The van der Waals surface area contributed by atoms with E-state index in [1.54, 1.807) is 0 Å². The summed E-state index contributed by atoms with van der Waals surface area (Å²) in [4.78, 5) is 5.29. The van der Waals surface area contributed by atoms with Gasteiger partial charge in [0.1, 0.15) is 0 Å². The van der Waals surface area contributed by atoms with Crippen molar-refractivity contribution in [2.24, 2.45) is 0 Å². The van der Waals surface area contributed by atoms with Crippen LogP contribution in [0.4, 0.5) is 0 Å². The predicted molar refractivity (Wildman–Crippen MR) is 90.7 cm³/mol. The molecule has 2 saturated heterocycles. The molecule has 22 heavy (non-hydrogen) atoms. The Morgan fingerprint density at radius 1 is 0.773 bits per heavy atom. The van der Waals surface area contributed by atoms with Gasteiger partial charge < -0.3 is 0 Å². The zero-order valence-electron chi connectivity index (χ0n) is 13.5. The fourth-order valence-corrected chi connectivity index (χ4v) is 3.92. The Kier molecular flexibility index (Phi) is 3.51. The quantitative estimate of drug-likeness (QED) is 0.823. The van der Waals surface area contributed by atoms with Crippen LogP contribution in [-0.4, -0.2) is 29.6 Å². The van der Waals surface area contributed by atoms with E-state index in [1.807, 2.05) is 0 Å².